The van der Waals surface area contributed by atoms with Gasteiger partial charge < -0.3 is 30.1 Å². The van der Waals surface area contributed by atoms with Crippen LogP contribution in [0.5, 0.6) is 23.0 Å². The highest BCUT2D eigenvalue weighted by Gasteiger charge is 2.28. The van der Waals surface area contributed by atoms with Crippen molar-refractivity contribution in [1.82, 2.24) is 4.90 Å². The van der Waals surface area contributed by atoms with Crippen LogP contribution in [0.3, 0.4) is 0 Å². The van der Waals surface area contributed by atoms with Crippen LogP contribution in [0, 0.1) is 0 Å². The number of benzene rings is 2. The number of nitrogens with zero attached hydrogens (tertiary/aromatic N) is 1. The van der Waals surface area contributed by atoms with E-state index in [1.807, 2.05) is 6.92 Å². The Morgan fingerprint density at radius 3 is 2.23 bits per heavy atom. The van der Waals surface area contributed by atoms with Crippen LogP contribution >= 0.6 is 0 Å². The van der Waals surface area contributed by atoms with E-state index in [0.29, 0.717) is 17.5 Å². The lowest BCUT2D eigenvalue weighted by atomic mass is 10.0. The molecule has 0 saturated carbocycles. The fourth-order valence-electron chi connectivity index (χ4n) is 2.68. The highest BCUT2D eigenvalue weighted by Crippen LogP contribution is 2.27. The van der Waals surface area contributed by atoms with Gasteiger partial charge in [-0.25, -0.2) is 4.79 Å². The first-order valence-corrected chi connectivity index (χ1v) is 9.37. The van der Waals surface area contributed by atoms with Crippen molar-refractivity contribution in [3.05, 3.63) is 53.6 Å². The van der Waals surface area contributed by atoms with Crippen molar-refractivity contribution in [3.8, 4) is 23.0 Å². The molecule has 8 nitrogen and oxygen atoms in total. The number of amides is 1. The van der Waals surface area contributed by atoms with Gasteiger partial charge >= 0.3 is 5.97 Å². The molecule has 0 aliphatic heterocycles. The zero-order chi connectivity index (χ0) is 22.3. The van der Waals surface area contributed by atoms with Crippen molar-refractivity contribution in [2.75, 3.05) is 13.7 Å². The van der Waals surface area contributed by atoms with Gasteiger partial charge in [-0.1, -0.05) is 19.1 Å². The molecule has 1 unspecified atom stereocenters. The van der Waals surface area contributed by atoms with E-state index >= 15 is 0 Å². The number of aromatic hydroxyl groups is 4. The minimum absolute atomic E-state index is 0.0759. The van der Waals surface area contributed by atoms with Crippen molar-refractivity contribution in [2.45, 2.75) is 25.8 Å². The van der Waals surface area contributed by atoms with Gasteiger partial charge in [-0.05, 0) is 47.9 Å². The molecule has 0 aliphatic carbocycles. The Hall–Kier alpha value is -3.68. The number of hydrogen-bond acceptors (Lipinski definition) is 7. The van der Waals surface area contributed by atoms with E-state index in [2.05, 4.69) is 0 Å². The van der Waals surface area contributed by atoms with Gasteiger partial charge in [0.1, 0.15) is 6.04 Å². The van der Waals surface area contributed by atoms with Gasteiger partial charge in [-0.3, -0.25) is 4.79 Å². The summed E-state index contributed by atoms with van der Waals surface area (Å²) in [7, 11) is 1.46. The number of phenols is 4. The first-order chi connectivity index (χ1) is 14.2. The van der Waals surface area contributed by atoms with Crippen LogP contribution in [-0.2, 0) is 20.7 Å². The Bertz CT molecular complexity index is 939. The van der Waals surface area contributed by atoms with Crippen LogP contribution in [0.2, 0.25) is 0 Å². The maximum atomic E-state index is 12.6. The standard InChI is InChI=1S/C22H25NO7/c1-3-10-30-22(29)16(11-15-5-8-18(25)20(27)13-15)23(2)21(28)9-6-14-4-7-17(24)19(26)12-14/h4-9,12-13,16,24-27H,3,10-11H2,1-2H3. The largest absolute Gasteiger partial charge is 0.504 e. The predicted molar refractivity (Wildman–Crippen MR) is 110 cm³/mol. The third-order valence-electron chi connectivity index (χ3n) is 4.42. The van der Waals surface area contributed by atoms with Gasteiger partial charge in [-0.15, -0.1) is 0 Å². The van der Waals surface area contributed by atoms with Gasteiger partial charge in [-0.2, -0.15) is 0 Å². The molecule has 2 rings (SSSR count). The SMILES string of the molecule is CCCOC(=O)C(Cc1ccc(O)c(O)c1)N(C)C(=O)C=Cc1ccc(O)c(O)c1. The molecule has 0 fully saturated rings. The van der Waals surface area contributed by atoms with Crippen molar-refractivity contribution in [1.29, 1.82) is 0 Å². The molecule has 0 bridgehead atoms. The second kappa shape index (κ2) is 10.2. The number of likely N-dealkylation sites (N-methyl/N-ethyl adjacent to an activating group) is 1. The third kappa shape index (κ3) is 5.91. The molecule has 0 spiro atoms. The summed E-state index contributed by atoms with van der Waals surface area (Å²) in [6.45, 7) is 2.06. The molecule has 8 heteroatoms. The normalized spacial score (nSPS) is 11.9. The molecule has 1 amide bonds. The van der Waals surface area contributed by atoms with E-state index in [0.717, 1.165) is 0 Å². The molecule has 4 N–H and O–H groups in total. The maximum absolute atomic E-state index is 12.6. The zero-order valence-corrected chi connectivity index (χ0v) is 16.8. The first-order valence-electron chi connectivity index (χ1n) is 9.37. The molecule has 0 aliphatic rings. The van der Waals surface area contributed by atoms with E-state index < -0.39 is 17.9 Å². The summed E-state index contributed by atoms with van der Waals surface area (Å²) in [5.74, 6) is -2.26. The highest BCUT2D eigenvalue weighted by atomic mass is 16.5. The van der Waals surface area contributed by atoms with Gasteiger partial charge in [0.2, 0.25) is 5.91 Å². The molecule has 0 heterocycles. The average Bonchev–Trinajstić information content (AvgIpc) is 2.72. The fraction of sp³-hybridized carbons (Fsp3) is 0.273. The second-order valence-corrected chi connectivity index (χ2v) is 6.74. The second-order valence-electron chi connectivity index (χ2n) is 6.74. The Balaban J connectivity index is 2.21. The topological polar surface area (TPSA) is 128 Å². The number of rotatable bonds is 8. The molecule has 2 aromatic carbocycles. The summed E-state index contributed by atoms with van der Waals surface area (Å²) >= 11 is 0. The van der Waals surface area contributed by atoms with Crippen LogP contribution < -0.4 is 0 Å². The maximum Gasteiger partial charge on any atom is 0.329 e. The van der Waals surface area contributed by atoms with E-state index in [4.69, 9.17) is 4.74 Å². The Morgan fingerprint density at radius 2 is 1.63 bits per heavy atom. The predicted octanol–water partition coefficient (Wildman–Crippen LogP) is 2.55. The zero-order valence-electron chi connectivity index (χ0n) is 16.8. The van der Waals surface area contributed by atoms with Crippen LogP contribution in [0.15, 0.2) is 42.5 Å². The Morgan fingerprint density at radius 1 is 1.00 bits per heavy atom. The number of esters is 1. The van der Waals surface area contributed by atoms with Crippen LogP contribution in [0.1, 0.15) is 24.5 Å². The van der Waals surface area contributed by atoms with Crippen molar-refractivity contribution >= 4 is 18.0 Å². The lowest BCUT2D eigenvalue weighted by Crippen LogP contribution is -2.44. The monoisotopic (exact) mass is 415 g/mol. The molecular formula is C22H25NO7. The number of ether oxygens (including phenoxy) is 1. The van der Waals surface area contributed by atoms with Gasteiger partial charge in [0.25, 0.3) is 0 Å². The summed E-state index contributed by atoms with van der Waals surface area (Å²) < 4.78 is 5.21. The van der Waals surface area contributed by atoms with Crippen LogP contribution in [0.4, 0.5) is 0 Å². The Labute approximate surface area is 174 Å². The molecule has 0 saturated heterocycles. The average molecular weight is 415 g/mol. The Kier molecular flexibility index (Phi) is 7.69. The summed E-state index contributed by atoms with van der Waals surface area (Å²) in [5.41, 5.74) is 1.02. The van der Waals surface area contributed by atoms with Crippen molar-refractivity contribution < 1.29 is 34.8 Å². The number of phenolic OH excluding ortho intramolecular Hbond substituents is 4. The molecule has 1 atom stereocenters. The lowest BCUT2D eigenvalue weighted by molar-refractivity contribution is -0.153. The molecule has 160 valence electrons. The summed E-state index contributed by atoms with van der Waals surface area (Å²) in [6.07, 6.45) is 3.38. The molecular weight excluding hydrogens is 390 g/mol. The minimum atomic E-state index is -0.953. The van der Waals surface area contributed by atoms with E-state index in [1.54, 1.807) is 6.07 Å². The van der Waals surface area contributed by atoms with Crippen LogP contribution in [-0.4, -0.2) is 56.9 Å². The minimum Gasteiger partial charge on any atom is -0.504 e. The van der Waals surface area contributed by atoms with E-state index in [1.165, 1.54) is 54.4 Å². The highest BCUT2D eigenvalue weighted by molar-refractivity contribution is 5.94. The van der Waals surface area contributed by atoms with E-state index in [-0.39, 0.29) is 36.0 Å². The molecule has 2 aromatic rings. The van der Waals surface area contributed by atoms with Crippen LogP contribution in [0.25, 0.3) is 6.08 Å². The first kappa shape index (κ1) is 22.6. The molecule has 30 heavy (non-hydrogen) atoms. The van der Waals surface area contributed by atoms with Gasteiger partial charge in [0.05, 0.1) is 6.61 Å². The smallest absolute Gasteiger partial charge is 0.329 e. The van der Waals surface area contributed by atoms with Crippen molar-refractivity contribution in [3.63, 3.8) is 0 Å². The fourth-order valence-corrected chi connectivity index (χ4v) is 2.68. The van der Waals surface area contributed by atoms with E-state index in [9.17, 15) is 30.0 Å². The van der Waals surface area contributed by atoms with Crippen molar-refractivity contribution in [2.24, 2.45) is 0 Å². The quantitative estimate of drug-likeness (QED) is 0.296. The third-order valence-corrected chi connectivity index (χ3v) is 4.42. The molecule has 0 aromatic heterocycles. The summed E-state index contributed by atoms with van der Waals surface area (Å²) in [5, 5.41) is 38.1. The number of carbonyl (C=O) groups is 2. The summed E-state index contributed by atoms with van der Waals surface area (Å²) in [4.78, 5) is 26.4. The van der Waals surface area contributed by atoms with Gasteiger partial charge in [0.15, 0.2) is 23.0 Å². The molecule has 0 radical (unpaired) electrons. The number of carbonyl (C=O) groups excluding carboxylic acids is 2. The van der Waals surface area contributed by atoms with Gasteiger partial charge in [0, 0.05) is 19.5 Å². The summed E-state index contributed by atoms with van der Waals surface area (Å²) in [6, 6.07) is 7.33. The number of hydrogen-bond donors (Lipinski definition) is 4. The lowest BCUT2D eigenvalue weighted by Gasteiger charge is -2.26.